The summed E-state index contributed by atoms with van der Waals surface area (Å²) in [5.41, 5.74) is -8.21. The highest BCUT2D eigenvalue weighted by Gasteiger charge is 2.48. The van der Waals surface area contributed by atoms with E-state index in [9.17, 15) is 19.2 Å². The van der Waals surface area contributed by atoms with E-state index in [0.29, 0.717) is 0 Å². The van der Waals surface area contributed by atoms with Gasteiger partial charge in [0, 0.05) is 33.4 Å². The summed E-state index contributed by atoms with van der Waals surface area (Å²) in [7, 11) is 0. The summed E-state index contributed by atoms with van der Waals surface area (Å²) in [6.45, 7) is 18.3. The quantitative estimate of drug-likeness (QED) is 0.0743. The van der Waals surface area contributed by atoms with Crippen molar-refractivity contribution in [1.29, 1.82) is 0 Å². The molecule has 0 unspecified atom stereocenters. The minimum absolute atomic E-state index is 0.0144. The molecule has 3 aromatic carbocycles. The fourth-order valence-electron chi connectivity index (χ4n) is 3.92. The Morgan fingerprint density at radius 3 is 0.963 bits per heavy atom. The molecule has 3 aromatic rings. The molecule has 0 aliphatic heterocycles. The lowest BCUT2D eigenvalue weighted by molar-refractivity contribution is -0.147. The summed E-state index contributed by atoms with van der Waals surface area (Å²) in [6, 6.07) is 9.53. The zero-order chi connectivity index (χ0) is 40.7. The molecule has 0 atom stereocenters. The van der Waals surface area contributed by atoms with E-state index in [1.807, 2.05) is 11.8 Å². The minimum atomic E-state index is -5.63. The van der Waals surface area contributed by atoms with Gasteiger partial charge in [-0.2, -0.15) is 26.3 Å². The van der Waals surface area contributed by atoms with Gasteiger partial charge >= 0.3 is 36.2 Å². The molecule has 54 heavy (non-hydrogen) atoms. The van der Waals surface area contributed by atoms with Gasteiger partial charge in [-0.25, -0.2) is 19.2 Å². The van der Waals surface area contributed by atoms with Gasteiger partial charge in [-0.1, -0.05) is 50.0 Å². The number of hydrogen-bond acceptors (Lipinski definition) is 8. The van der Waals surface area contributed by atoms with Crippen molar-refractivity contribution >= 4 is 23.9 Å². The SMILES string of the molecule is C=C(C)C(=O)Oc1ccc(C#Cc2c(OC(=O)C(=C)C)c(C(F)(F)F)c(C#Cc3ccc(OC(=O)C(=C)C)cc3)c(OC(=O)C(=C)C)c2C(F)(F)F)cc1. The summed E-state index contributed by atoms with van der Waals surface area (Å²) in [6.07, 6.45) is -11.3. The molecule has 3 rings (SSSR count). The Morgan fingerprint density at radius 1 is 0.463 bits per heavy atom. The first-order valence-electron chi connectivity index (χ1n) is 15.1. The maximum absolute atomic E-state index is 15.1. The molecular weight excluding hydrogens is 722 g/mol. The van der Waals surface area contributed by atoms with Crippen LogP contribution in [0.5, 0.6) is 23.0 Å². The standard InChI is InChI=1S/C40H28F6O8/c1-21(2)35(47)51-27-15-9-25(10-16-27)13-19-29-31(39(41,42)43)34(54-38(50)24(7)8)30(32(40(44,45)46)33(29)53-37(49)23(5)6)20-14-26-11-17-28(18-12-26)52-36(48)22(3)4/h9-12,15-18H,1,3,5,7H2,2,4,6,8H3. The van der Waals surface area contributed by atoms with E-state index in [1.165, 1.54) is 62.4 Å². The smallest absolute Gasteiger partial charge is 0.421 e. The second-order valence-electron chi connectivity index (χ2n) is 11.4. The van der Waals surface area contributed by atoms with Crippen LogP contribution in [-0.2, 0) is 31.5 Å². The Labute approximate surface area is 305 Å². The molecule has 0 radical (unpaired) electrons. The summed E-state index contributed by atoms with van der Waals surface area (Å²) in [4.78, 5) is 49.1. The van der Waals surface area contributed by atoms with Crippen LogP contribution in [-0.4, -0.2) is 23.9 Å². The molecule has 14 heteroatoms. The number of hydrogen-bond donors (Lipinski definition) is 0. The number of rotatable bonds is 8. The highest BCUT2D eigenvalue weighted by Crippen LogP contribution is 2.51. The van der Waals surface area contributed by atoms with E-state index in [-0.39, 0.29) is 33.8 Å². The summed E-state index contributed by atoms with van der Waals surface area (Å²) >= 11 is 0. The zero-order valence-corrected chi connectivity index (χ0v) is 29.0. The number of halogens is 6. The van der Waals surface area contributed by atoms with Crippen LogP contribution in [0.4, 0.5) is 26.3 Å². The average Bonchev–Trinajstić information content (AvgIpc) is 3.06. The molecule has 0 saturated carbocycles. The molecule has 8 nitrogen and oxygen atoms in total. The Morgan fingerprint density at radius 2 is 0.722 bits per heavy atom. The summed E-state index contributed by atoms with van der Waals surface area (Å²) < 4.78 is 111. The van der Waals surface area contributed by atoms with Crippen LogP contribution in [0.15, 0.2) is 97.1 Å². The minimum Gasteiger partial charge on any atom is -0.423 e. The lowest BCUT2D eigenvalue weighted by atomic mass is 9.93. The van der Waals surface area contributed by atoms with Crippen molar-refractivity contribution in [3.8, 4) is 46.7 Å². The number of esters is 4. The second kappa shape index (κ2) is 16.7. The molecule has 0 bridgehead atoms. The van der Waals surface area contributed by atoms with Crippen molar-refractivity contribution < 1.29 is 64.5 Å². The Bertz CT molecular complexity index is 2060. The predicted molar refractivity (Wildman–Crippen MR) is 183 cm³/mol. The van der Waals surface area contributed by atoms with Crippen molar-refractivity contribution in [3.63, 3.8) is 0 Å². The number of carbonyl (C=O) groups excluding carboxylic acids is 4. The molecule has 0 aliphatic rings. The van der Waals surface area contributed by atoms with E-state index in [1.54, 1.807) is 0 Å². The number of carbonyl (C=O) groups is 4. The summed E-state index contributed by atoms with van der Waals surface area (Å²) in [5.74, 6) is 0.464. The fourth-order valence-corrected chi connectivity index (χ4v) is 3.92. The van der Waals surface area contributed by atoms with Crippen LogP contribution < -0.4 is 18.9 Å². The maximum Gasteiger partial charge on any atom is 0.421 e. The maximum atomic E-state index is 15.1. The molecular formula is C40H28F6O8. The van der Waals surface area contributed by atoms with Crippen LogP contribution in [0.1, 0.15) is 61.1 Å². The van der Waals surface area contributed by atoms with Crippen molar-refractivity contribution in [2.45, 2.75) is 40.0 Å². The molecule has 0 saturated heterocycles. The molecule has 0 fully saturated rings. The van der Waals surface area contributed by atoms with Gasteiger partial charge in [0.25, 0.3) is 0 Å². The van der Waals surface area contributed by atoms with Gasteiger partial charge in [0.15, 0.2) is 11.5 Å². The van der Waals surface area contributed by atoms with E-state index in [4.69, 9.17) is 18.9 Å². The Balaban J connectivity index is 2.48. The van der Waals surface area contributed by atoms with Crippen molar-refractivity contribution in [2.24, 2.45) is 0 Å². The van der Waals surface area contributed by atoms with Crippen LogP contribution in [0.25, 0.3) is 0 Å². The van der Waals surface area contributed by atoms with Crippen LogP contribution in [0, 0.1) is 23.7 Å². The fraction of sp³-hybridized carbons (Fsp3) is 0.150. The summed E-state index contributed by atoms with van der Waals surface area (Å²) in [5, 5.41) is 0. The van der Waals surface area contributed by atoms with Gasteiger partial charge in [-0.15, -0.1) is 0 Å². The molecule has 0 N–H and O–H groups in total. The van der Waals surface area contributed by atoms with Gasteiger partial charge < -0.3 is 18.9 Å². The van der Waals surface area contributed by atoms with E-state index < -0.39 is 81.1 Å². The first-order valence-corrected chi connectivity index (χ1v) is 15.1. The first kappa shape index (κ1) is 41.6. The first-order chi connectivity index (χ1) is 25.0. The zero-order valence-electron chi connectivity index (χ0n) is 29.0. The van der Waals surface area contributed by atoms with Gasteiger partial charge in [0.05, 0.1) is 11.1 Å². The van der Waals surface area contributed by atoms with Gasteiger partial charge in [-0.05, 0) is 76.2 Å². The number of alkyl halides is 6. The second-order valence-corrected chi connectivity index (χ2v) is 11.4. The van der Waals surface area contributed by atoms with Crippen molar-refractivity contribution in [1.82, 2.24) is 0 Å². The predicted octanol–water partition coefficient (Wildman–Crippen LogP) is 8.45. The van der Waals surface area contributed by atoms with Crippen LogP contribution in [0.2, 0.25) is 0 Å². The monoisotopic (exact) mass is 750 g/mol. The molecule has 0 amide bonds. The highest BCUT2D eigenvalue weighted by atomic mass is 19.4. The third kappa shape index (κ3) is 10.6. The van der Waals surface area contributed by atoms with Crippen molar-refractivity contribution in [2.75, 3.05) is 0 Å². The molecule has 0 aromatic heterocycles. The van der Waals surface area contributed by atoms with E-state index >= 15 is 26.3 Å². The van der Waals surface area contributed by atoms with Crippen LogP contribution in [0.3, 0.4) is 0 Å². The molecule has 0 spiro atoms. The highest BCUT2D eigenvalue weighted by molar-refractivity contribution is 5.92. The van der Waals surface area contributed by atoms with Gasteiger partial charge in [-0.3, -0.25) is 0 Å². The molecule has 0 aliphatic carbocycles. The Kier molecular flexibility index (Phi) is 12.9. The lowest BCUT2D eigenvalue weighted by Crippen LogP contribution is -2.23. The van der Waals surface area contributed by atoms with Gasteiger partial charge in [0.1, 0.15) is 22.6 Å². The Hall–Kier alpha value is -6.80. The lowest BCUT2D eigenvalue weighted by Gasteiger charge is -2.23. The van der Waals surface area contributed by atoms with Crippen molar-refractivity contribution in [3.05, 3.63) is 131 Å². The normalized spacial score (nSPS) is 10.7. The largest absolute Gasteiger partial charge is 0.423 e. The number of ether oxygens (including phenoxy) is 4. The average molecular weight is 751 g/mol. The molecule has 0 heterocycles. The molecule has 278 valence electrons. The topological polar surface area (TPSA) is 105 Å². The van der Waals surface area contributed by atoms with Crippen LogP contribution >= 0.6 is 0 Å². The third-order valence-electron chi connectivity index (χ3n) is 6.55. The van der Waals surface area contributed by atoms with Gasteiger partial charge in [0.2, 0.25) is 0 Å². The van der Waals surface area contributed by atoms with E-state index in [0.717, 1.165) is 13.8 Å². The number of benzene rings is 3. The third-order valence-corrected chi connectivity index (χ3v) is 6.55. The van der Waals surface area contributed by atoms with E-state index in [2.05, 4.69) is 38.2 Å².